The van der Waals surface area contributed by atoms with Crippen LogP contribution in [0, 0.1) is 5.41 Å². The lowest BCUT2D eigenvalue weighted by Crippen LogP contribution is -2.02. The minimum absolute atomic E-state index is 0.556. The molecule has 0 amide bonds. The van der Waals surface area contributed by atoms with Crippen LogP contribution < -0.4 is 0 Å². The summed E-state index contributed by atoms with van der Waals surface area (Å²) in [4.78, 5) is 0. The molecule has 146 valence electrons. The zero-order valence-electron chi connectivity index (χ0n) is 16.8. The van der Waals surface area contributed by atoms with Gasteiger partial charge in [-0.1, -0.05) is 91.0 Å². The molecule has 2 heteroatoms. The molecule has 0 unspecified atom stereocenters. The van der Waals surface area contributed by atoms with Crippen LogP contribution in [0.4, 0.5) is 0 Å². The Morgan fingerprint density at radius 2 is 1.32 bits per heavy atom. The number of hydrogen-bond donors (Lipinski definition) is 1. The molecule has 6 rings (SSSR count). The van der Waals surface area contributed by atoms with Crippen molar-refractivity contribution in [2.45, 2.75) is 0 Å². The number of rotatable bonds is 3. The summed E-state index contributed by atoms with van der Waals surface area (Å²) in [5, 5.41) is 13.9. The molecule has 0 aliphatic rings. The number of nitrogens with one attached hydrogen (secondary N) is 1. The van der Waals surface area contributed by atoms with E-state index in [0.717, 1.165) is 27.5 Å². The molecular formula is C29H19NS. The first-order valence-electron chi connectivity index (χ1n) is 10.4. The van der Waals surface area contributed by atoms with Gasteiger partial charge in [0, 0.05) is 31.3 Å². The van der Waals surface area contributed by atoms with Crippen LogP contribution in [0.1, 0.15) is 11.1 Å². The molecular weight excluding hydrogens is 394 g/mol. The number of fused-ring (bicyclic) bond motifs is 4. The van der Waals surface area contributed by atoms with Gasteiger partial charge >= 0.3 is 0 Å². The van der Waals surface area contributed by atoms with Crippen molar-refractivity contribution < 1.29 is 0 Å². The van der Waals surface area contributed by atoms with Gasteiger partial charge < -0.3 is 0 Å². The highest BCUT2D eigenvalue weighted by Gasteiger charge is 2.13. The highest BCUT2D eigenvalue weighted by atomic mass is 32.1. The third-order valence-corrected chi connectivity index (χ3v) is 7.06. The van der Waals surface area contributed by atoms with Crippen LogP contribution in [0.3, 0.4) is 0 Å². The van der Waals surface area contributed by atoms with Crippen molar-refractivity contribution in [3.05, 3.63) is 120 Å². The third kappa shape index (κ3) is 2.96. The second kappa shape index (κ2) is 7.19. The molecule has 0 aliphatic heterocycles. The number of thiophene rings is 1. The summed E-state index contributed by atoms with van der Waals surface area (Å²) in [7, 11) is 0. The second-order valence-electron chi connectivity index (χ2n) is 7.76. The summed E-state index contributed by atoms with van der Waals surface area (Å²) in [6.45, 7) is 0. The van der Waals surface area contributed by atoms with Gasteiger partial charge in [-0.3, -0.25) is 5.41 Å². The highest BCUT2D eigenvalue weighted by Crippen LogP contribution is 2.40. The first-order valence-corrected chi connectivity index (χ1v) is 11.2. The zero-order chi connectivity index (χ0) is 20.8. The maximum atomic E-state index is 8.98. The van der Waals surface area contributed by atoms with E-state index in [2.05, 4.69) is 78.9 Å². The van der Waals surface area contributed by atoms with Crippen LogP contribution in [0.5, 0.6) is 0 Å². The van der Waals surface area contributed by atoms with E-state index in [-0.39, 0.29) is 0 Å². The van der Waals surface area contributed by atoms with Gasteiger partial charge in [0.05, 0.1) is 5.71 Å². The van der Waals surface area contributed by atoms with Gasteiger partial charge in [-0.05, 0) is 40.1 Å². The Balaban J connectivity index is 1.52. The molecule has 0 bridgehead atoms. The van der Waals surface area contributed by atoms with Crippen molar-refractivity contribution in [1.82, 2.24) is 0 Å². The van der Waals surface area contributed by atoms with Gasteiger partial charge in [-0.25, -0.2) is 0 Å². The Bertz CT molecular complexity index is 1600. The van der Waals surface area contributed by atoms with E-state index in [4.69, 9.17) is 5.41 Å². The molecule has 31 heavy (non-hydrogen) atoms. The number of hydrogen-bond acceptors (Lipinski definition) is 2. The average Bonchev–Trinajstić information content (AvgIpc) is 3.22. The first kappa shape index (κ1) is 18.1. The van der Waals surface area contributed by atoms with Crippen molar-refractivity contribution in [2.24, 2.45) is 0 Å². The molecule has 0 saturated heterocycles. The molecule has 0 radical (unpaired) electrons. The van der Waals surface area contributed by atoms with Crippen LogP contribution in [0.25, 0.3) is 42.1 Å². The Labute approximate surface area is 184 Å². The summed E-state index contributed by atoms with van der Waals surface area (Å²) in [5.41, 5.74) is 4.83. The monoisotopic (exact) mass is 413 g/mol. The average molecular weight is 414 g/mol. The van der Waals surface area contributed by atoms with E-state index in [1.807, 2.05) is 41.7 Å². The Hall–Kier alpha value is -3.75. The second-order valence-corrected chi connectivity index (χ2v) is 8.84. The maximum Gasteiger partial charge on any atom is 0.0690 e. The van der Waals surface area contributed by atoms with Crippen molar-refractivity contribution >= 4 is 48.0 Å². The molecule has 1 heterocycles. The van der Waals surface area contributed by atoms with Crippen LogP contribution in [0.2, 0.25) is 0 Å². The fraction of sp³-hybridized carbons (Fsp3) is 0. The van der Waals surface area contributed by atoms with Gasteiger partial charge in [-0.2, -0.15) is 0 Å². The van der Waals surface area contributed by atoms with Gasteiger partial charge in [0.15, 0.2) is 0 Å². The molecule has 6 aromatic rings. The zero-order valence-corrected chi connectivity index (χ0v) is 17.6. The predicted octanol–water partition coefficient (Wildman–Crippen LogP) is 8.29. The standard InChI is InChI=1S/C29H19NS/c30-29(24-15-6-9-19-8-1-2-12-22(19)24)21-11-5-10-20(18-21)23-14-7-17-27-28(23)25-13-3-4-16-26(25)31-27/h1-18,30H. The summed E-state index contributed by atoms with van der Waals surface area (Å²) < 4.78 is 2.61. The van der Waals surface area contributed by atoms with E-state index >= 15 is 0 Å². The van der Waals surface area contributed by atoms with Gasteiger partial charge in [-0.15, -0.1) is 11.3 Å². The molecule has 0 aliphatic carbocycles. The topological polar surface area (TPSA) is 23.9 Å². The van der Waals surface area contributed by atoms with E-state index in [1.54, 1.807) is 0 Å². The van der Waals surface area contributed by atoms with Gasteiger partial charge in [0.2, 0.25) is 0 Å². The maximum absolute atomic E-state index is 8.98. The number of benzene rings is 5. The van der Waals surface area contributed by atoms with Gasteiger partial charge in [0.25, 0.3) is 0 Å². The van der Waals surface area contributed by atoms with E-state index in [1.165, 1.54) is 25.7 Å². The van der Waals surface area contributed by atoms with Crippen molar-refractivity contribution in [1.29, 1.82) is 5.41 Å². The minimum Gasteiger partial charge on any atom is -0.300 e. The molecule has 1 nitrogen and oxygen atoms in total. The summed E-state index contributed by atoms with van der Waals surface area (Å²) in [5.74, 6) is 0. The predicted molar refractivity (Wildman–Crippen MR) is 135 cm³/mol. The Morgan fingerprint density at radius 3 is 2.26 bits per heavy atom. The lowest BCUT2D eigenvalue weighted by atomic mass is 9.93. The van der Waals surface area contributed by atoms with Crippen molar-refractivity contribution in [3.8, 4) is 11.1 Å². The molecule has 1 N–H and O–H groups in total. The minimum atomic E-state index is 0.556. The fourth-order valence-corrected chi connectivity index (χ4v) is 5.59. The SMILES string of the molecule is N=C(c1cccc(-c2cccc3sc4ccccc4c23)c1)c1cccc2ccccc12. The quantitative estimate of drug-likeness (QED) is 0.282. The third-order valence-electron chi connectivity index (χ3n) is 5.92. The smallest absolute Gasteiger partial charge is 0.0690 e. The lowest BCUT2D eigenvalue weighted by Gasteiger charge is -2.11. The van der Waals surface area contributed by atoms with E-state index < -0.39 is 0 Å². The van der Waals surface area contributed by atoms with Crippen LogP contribution in [-0.4, -0.2) is 5.71 Å². The molecule has 5 aromatic carbocycles. The van der Waals surface area contributed by atoms with Gasteiger partial charge in [0.1, 0.15) is 0 Å². The molecule has 0 spiro atoms. The van der Waals surface area contributed by atoms with Crippen molar-refractivity contribution in [2.75, 3.05) is 0 Å². The molecule has 0 fully saturated rings. The van der Waals surface area contributed by atoms with Crippen LogP contribution in [-0.2, 0) is 0 Å². The molecule has 1 aromatic heterocycles. The van der Waals surface area contributed by atoms with E-state index in [9.17, 15) is 0 Å². The lowest BCUT2D eigenvalue weighted by molar-refractivity contribution is 1.47. The molecule has 0 saturated carbocycles. The van der Waals surface area contributed by atoms with Crippen LogP contribution in [0.15, 0.2) is 109 Å². The fourth-order valence-electron chi connectivity index (χ4n) is 4.46. The van der Waals surface area contributed by atoms with Crippen LogP contribution >= 0.6 is 11.3 Å². The summed E-state index contributed by atoms with van der Waals surface area (Å²) >= 11 is 1.84. The summed E-state index contributed by atoms with van der Waals surface area (Å²) in [6.07, 6.45) is 0. The molecule has 0 atom stereocenters. The van der Waals surface area contributed by atoms with E-state index in [0.29, 0.717) is 5.71 Å². The summed E-state index contributed by atoms with van der Waals surface area (Å²) in [6, 6.07) is 38.0. The normalized spacial score (nSPS) is 11.4. The Kier molecular flexibility index (Phi) is 4.19. The highest BCUT2D eigenvalue weighted by molar-refractivity contribution is 7.25. The van der Waals surface area contributed by atoms with Crippen molar-refractivity contribution in [3.63, 3.8) is 0 Å². The largest absolute Gasteiger partial charge is 0.300 e. The first-order chi connectivity index (χ1) is 15.3. The Morgan fingerprint density at radius 1 is 0.613 bits per heavy atom.